The molecule has 4 rings (SSSR count). The Morgan fingerprint density at radius 2 is 1.91 bits per heavy atom. The predicted octanol–water partition coefficient (Wildman–Crippen LogP) is 4.37. The zero-order valence-electron chi connectivity index (χ0n) is 17.7. The standard InChI is InChI=1S/C22H23F2N3O3S2/c1-13-9-14(2)20-19(10-13)25-22(31-20)26-21(28)15-5-7-27(8-6-15)32(29,30)12-16-3-4-17(23)11-18(16)24/h3-4,9-11,15H,5-8,12H2,1-2H3,(H,25,26,28). The second-order valence-electron chi connectivity index (χ2n) is 8.10. The number of carbonyl (C=O) groups excluding carboxylic acids is 1. The van der Waals surface area contributed by atoms with Crippen LogP contribution in [0.3, 0.4) is 0 Å². The van der Waals surface area contributed by atoms with Crippen molar-refractivity contribution in [3.8, 4) is 0 Å². The highest BCUT2D eigenvalue weighted by Crippen LogP contribution is 2.31. The average Bonchev–Trinajstić information content (AvgIpc) is 3.13. The van der Waals surface area contributed by atoms with Gasteiger partial charge in [0.15, 0.2) is 5.13 Å². The number of benzene rings is 2. The summed E-state index contributed by atoms with van der Waals surface area (Å²) in [6.07, 6.45) is 0.722. The highest BCUT2D eigenvalue weighted by molar-refractivity contribution is 7.88. The van der Waals surface area contributed by atoms with Crippen molar-refractivity contribution in [2.45, 2.75) is 32.4 Å². The van der Waals surface area contributed by atoms with E-state index in [9.17, 15) is 22.0 Å². The van der Waals surface area contributed by atoms with E-state index >= 15 is 0 Å². The lowest BCUT2D eigenvalue weighted by atomic mass is 9.97. The Kier molecular flexibility index (Phi) is 6.28. The maximum absolute atomic E-state index is 13.9. The summed E-state index contributed by atoms with van der Waals surface area (Å²) in [7, 11) is -3.78. The average molecular weight is 480 g/mol. The van der Waals surface area contributed by atoms with Gasteiger partial charge in [-0.05, 0) is 49.9 Å². The first-order valence-electron chi connectivity index (χ1n) is 10.2. The summed E-state index contributed by atoms with van der Waals surface area (Å²) in [5.74, 6) is -2.70. The van der Waals surface area contributed by atoms with Crippen molar-refractivity contribution >= 4 is 42.6 Å². The van der Waals surface area contributed by atoms with Gasteiger partial charge in [-0.1, -0.05) is 23.5 Å². The zero-order valence-corrected chi connectivity index (χ0v) is 19.3. The number of nitrogens with zero attached hydrogens (tertiary/aromatic N) is 2. The second-order valence-corrected chi connectivity index (χ2v) is 11.1. The number of carbonyl (C=O) groups is 1. The predicted molar refractivity (Wildman–Crippen MR) is 121 cm³/mol. The van der Waals surface area contributed by atoms with Crippen LogP contribution in [0.1, 0.15) is 29.5 Å². The number of nitrogens with one attached hydrogen (secondary N) is 1. The van der Waals surface area contributed by atoms with Crippen LogP contribution >= 0.6 is 11.3 Å². The quantitative estimate of drug-likeness (QED) is 0.589. The summed E-state index contributed by atoms with van der Waals surface area (Å²) >= 11 is 1.42. The fraction of sp³-hybridized carbons (Fsp3) is 0.364. The molecule has 6 nitrogen and oxygen atoms in total. The third kappa shape index (κ3) is 4.82. The maximum atomic E-state index is 13.9. The second kappa shape index (κ2) is 8.84. The van der Waals surface area contributed by atoms with E-state index in [1.165, 1.54) is 15.6 Å². The number of fused-ring (bicyclic) bond motifs is 1. The molecule has 1 aliphatic heterocycles. The Hall–Kier alpha value is -2.43. The third-order valence-electron chi connectivity index (χ3n) is 5.62. The Morgan fingerprint density at radius 1 is 1.19 bits per heavy atom. The van der Waals surface area contributed by atoms with Crippen molar-refractivity contribution in [2.24, 2.45) is 5.92 Å². The van der Waals surface area contributed by atoms with Crippen molar-refractivity contribution in [1.82, 2.24) is 9.29 Å². The van der Waals surface area contributed by atoms with E-state index in [1.807, 2.05) is 19.9 Å². The molecule has 2 heterocycles. The fourth-order valence-electron chi connectivity index (χ4n) is 3.96. The number of aryl methyl sites for hydroxylation is 2. The molecular formula is C22H23F2N3O3S2. The van der Waals surface area contributed by atoms with Crippen LogP contribution in [0.4, 0.5) is 13.9 Å². The van der Waals surface area contributed by atoms with E-state index in [4.69, 9.17) is 0 Å². The number of thiazole rings is 1. The minimum atomic E-state index is -3.78. The molecule has 0 bridgehead atoms. The van der Waals surface area contributed by atoms with Crippen molar-refractivity contribution < 1.29 is 22.0 Å². The molecule has 1 amide bonds. The van der Waals surface area contributed by atoms with E-state index in [0.29, 0.717) is 24.0 Å². The molecule has 3 aromatic rings. The molecule has 1 aliphatic rings. The van der Waals surface area contributed by atoms with Gasteiger partial charge in [-0.2, -0.15) is 0 Å². The van der Waals surface area contributed by atoms with Crippen LogP contribution in [-0.2, 0) is 20.6 Å². The molecule has 0 saturated carbocycles. The number of piperidine rings is 1. The number of sulfonamides is 1. The van der Waals surface area contributed by atoms with E-state index in [-0.39, 0.29) is 30.5 Å². The van der Waals surface area contributed by atoms with Crippen molar-refractivity contribution in [3.05, 3.63) is 58.7 Å². The maximum Gasteiger partial charge on any atom is 0.229 e. The van der Waals surface area contributed by atoms with Gasteiger partial charge in [0.1, 0.15) is 11.6 Å². The van der Waals surface area contributed by atoms with Crippen LogP contribution in [0, 0.1) is 31.4 Å². The lowest BCUT2D eigenvalue weighted by molar-refractivity contribution is -0.120. The molecule has 2 aromatic carbocycles. The van der Waals surface area contributed by atoms with Crippen LogP contribution in [-0.4, -0.2) is 36.7 Å². The molecule has 0 unspecified atom stereocenters. The number of hydrogen-bond donors (Lipinski definition) is 1. The number of hydrogen-bond acceptors (Lipinski definition) is 5. The number of amides is 1. The number of rotatable bonds is 5. The van der Waals surface area contributed by atoms with Gasteiger partial charge >= 0.3 is 0 Å². The first-order valence-corrected chi connectivity index (χ1v) is 12.7. The van der Waals surface area contributed by atoms with Crippen molar-refractivity contribution in [1.29, 1.82) is 0 Å². The molecule has 32 heavy (non-hydrogen) atoms. The van der Waals surface area contributed by atoms with Gasteiger partial charge in [-0.3, -0.25) is 4.79 Å². The Labute approximate surface area is 189 Å². The van der Waals surface area contributed by atoms with Crippen LogP contribution in [0.2, 0.25) is 0 Å². The number of anilines is 1. The largest absolute Gasteiger partial charge is 0.302 e. The van der Waals surface area contributed by atoms with E-state index in [1.54, 1.807) is 0 Å². The molecule has 10 heteroatoms. The van der Waals surface area contributed by atoms with Gasteiger partial charge in [0.2, 0.25) is 15.9 Å². The normalized spacial score (nSPS) is 15.9. The van der Waals surface area contributed by atoms with Gasteiger partial charge in [0.05, 0.1) is 16.0 Å². The highest BCUT2D eigenvalue weighted by Gasteiger charge is 2.32. The monoisotopic (exact) mass is 479 g/mol. The Bertz CT molecular complexity index is 1280. The van der Waals surface area contributed by atoms with Crippen LogP contribution in [0.25, 0.3) is 10.2 Å². The Morgan fingerprint density at radius 3 is 2.59 bits per heavy atom. The summed E-state index contributed by atoms with van der Waals surface area (Å²) in [5, 5.41) is 3.40. The van der Waals surface area contributed by atoms with E-state index in [2.05, 4.69) is 16.4 Å². The fourth-order valence-corrected chi connectivity index (χ4v) is 6.46. The summed E-state index contributed by atoms with van der Waals surface area (Å²) in [6.45, 7) is 4.34. The first kappa shape index (κ1) is 22.8. The molecule has 0 atom stereocenters. The van der Waals surface area contributed by atoms with Gasteiger partial charge in [-0.15, -0.1) is 0 Å². The summed E-state index contributed by atoms with van der Waals surface area (Å²) in [5.41, 5.74) is 2.98. The molecule has 1 fully saturated rings. The number of halogens is 2. The third-order valence-corrected chi connectivity index (χ3v) is 8.57. The van der Waals surface area contributed by atoms with Gasteiger partial charge in [0, 0.05) is 30.6 Å². The zero-order chi connectivity index (χ0) is 23.0. The van der Waals surface area contributed by atoms with Crippen LogP contribution < -0.4 is 5.32 Å². The summed E-state index contributed by atoms with van der Waals surface area (Å²) < 4.78 is 54.6. The van der Waals surface area contributed by atoms with Gasteiger partial charge in [0.25, 0.3) is 0 Å². The van der Waals surface area contributed by atoms with Crippen LogP contribution in [0.5, 0.6) is 0 Å². The Balaban J connectivity index is 1.37. The topological polar surface area (TPSA) is 79.4 Å². The lowest BCUT2D eigenvalue weighted by Crippen LogP contribution is -2.42. The summed E-state index contributed by atoms with van der Waals surface area (Å²) in [4.78, 5) is 17.2. The molecule has 1 aromatic heterocycles. The minimum absolute atomic E-state index is 0.0763. The van der Waals surface area contributed by atoms with Crippen molar-refractivity contribution in [3.63, 3.8) is 0 Å². The van der Waals surface area contributed by atoms with Gasteiger partial charge in [-0.25, -0.2) is 26.5 Å². The van der Waals surface area contributed by atoms with Crippen molar-refractivity contribution in [2.75, 3.05) is 18.4 Å². The van der Waals surface area contributed by atoms with Crippen LogP contribution in [0.15, 0.2) is 30.3 Å². The lowest BCUT2D eigenvalue weighted by Gasteiger charge is -2.30. The van der Waals surface area contributed by atoms with E-state index < -0.39 is 27.4 Å². The summed E-state index contributed by atoms with van der Waals surface area (Å²) in [6, 6.07) is 6.90. The van der Waals surface area contributed by atoms with Gasteiger partial charge < -0.3 is 5.32 Å². The minimum Gasteiger partial charge on any atom is -0.302 e. The molecule has 0 spiro atoms. The molecule has 1 saturated heterocycles. The molecule has 1 N–H and O–H groups in total. The first-order chi connectivity index (χ1) is 15.1. The molecule has 0 aliphatic carbocycles. The van der Waals surface area contributed by atoms with E-state index in [0.717, 1.165) is 33.5 Å². The molecular weight excluding hydrogens is 456 g/mol. The molecule has 170 valence electrons. The SMILES string of the molecule is Cc1cc(C)c2sc(NC(=O)C3CCN(S(=O)(=O)Cc4ccc(F)cc4F)CC3)nc2c1. The molecule has 0 radical (unpaired) electrons. The highest BCUT2D eigenvalue weighted by atomic mass is 32.2. The number of aromatic nitrogens is 1. The smallest absolute Gasteiger partial charge is 0.229 e.